The Labute approximate surface area is 128 Å². The van der Waals surface area contributed by atoms with Gasteiger partial charge in [-0.15, -0.1) is 0 Å². The van der Waals surface area contributed by atoms with Crippen LogP contribution in [0.15, 0.2) is 53.8 Å². The monoisotopic (exact) mass is 298 g/mol. The Morgan fingerprint density at radius 3 is 2.67 bits per heavy atom. The number of rotatable bonds is 5. The average molecular weight is 298 g/mol. The van der Waals surface area contributed by atoms with E-state index in [-0.39, 0.29) is 4.87 Å². The molecular formula is C16H18N4S. The van der Waals surface area contributed by atoms with E-state index < -0.39 is 0 Å². The van der Waals surface area contributed by atoms with E-state index in [1.165, 1.54) is 0 Å². The van der Waals surface area contributed by atoms with Crippen molar-refractivity contribution in [2.24, 2.45) is 0 Å². The Kier molecular flexibility index (Phi) is 3.94. The first-order chi connectivity index (χ1) is 10.3. The summed E-state index contributed by atoms with van der Waals surface area (Å²) < 4.78 is 0. The number of benzene rings is 1. The molecule has 0 aliphatic rings. The number of pyridine rings is 1. The summed E-state index contributed by atoms with van der Waals surface area (Å²) in [6, 6.07) is 14.1. The minimum Gasteiger partial charge on any atom is -0.333 e. The first kappa shape index (κ1) is 14.1. The van der Waals surface area contributed by atoms with Crippen LogP contribution >= 0.6 is 11.8 Å². The number of hydrogen-bond donors (Lipinski definition) is 2. The Morgan fingerprint density at radius 2 is 2.00 bits per heavy atom. The highest BCUT2D eigenvalue weighted by Crippen LogP contribution is 2.39. The molecule has 0 amide bonds. The van der Waals surface area contributed by atoms with E-state index in [0.29, 0.717) is 0 Å². The number of nitrogens with zero attached hydrogens (tertiary/aromatic N) is 2. The van der Waals surface area contributed by atoms with Gasteiger partial charge in [-0.1, -0.05) is 36.9 Å². The first-order valence-electron chi connectivity index (χ1n) is 7.01. The fraction of sp³-hybridized carbons (Fsp3) is 0.250. The van der Waals surface area contributed by atoms with E-state index in [1.807, 2.05) is 49.6 Å². The smallest absolute Gasteiger partial charge is 0.168 e. The summed E-state index contributed by atoms with van der Waals surface area (Å²) in [6.45, 7) is 2.15. The number of fused-ring (bicyclic) bond motifs is 1. The highest BCUT2D eigenvalue weighted by molar-refractivity contribution is 8.00. The van der Waals surface area contributed by atoms with Crippen molar-refractivity contribution in [2.75, 3.05) is 7.05 Å². The Balaban J connectivity index is 1.98. The molecule has 0 fully saturated rings. The lowest BCUT2D eigenvalue weighted by molar-refractivity contribution is 0.502. The van der Waals surface area contributed by atoms with Crippen molar-refractivity contribution in [3.05, 3.63) is 54.4 Å². The predicted molar refractivity (Wildman–Crippen MR) is 87.2 cm³/mol. The van der Waals surface area contributed by atoms with Crippen molar-refractivity contribution in [3.63, 3.8) is 0 Å². The number of para-hydroxylation sites is 2. The van der Waals surface area contributed by atoms with Gasteiger partial charge in [0.05, 0.1) is 16.7 Å². The van der Waals surface area contributed by atoms with Crippen LogP contribution in [0.4, 0.5) is 0 Å². The van der Waals surface area contributed by atoms with Gasteiger partial charge in [0.2, 0.25) is 0 Å². The molecule has 0 bridgehead atoms. The zero-order valence-electron chi connectivity index (χ0n) is 12.1. The van der Waals surface area contributed by atoms with Crippen LogP contribution in [-0.4, -0.2) is 22.0 Å². The maximum Gasteiger partial charge on any atom is 0.168 e. The second kappa shape index (κ2) is 5.87. The summed E-state index contributed by atoms with van der Waals surface area (Å²) in [6.07, 6.45) is 2.73. The fourth-order valence-corrected chi connectivity index (χ4v) is 3.51. The Hall–Kier alpha value is -1.85. The molecule has 1 aromatic carbocycles. The van der Waals surface area contributed by atoms with Gasteiger partial charge in [-0.05, 0) is 37.7 Å². The number of hydrogen-bond acceptors (Lipinski definition) is 4. The molecule has 0 aliphatic carbocycles. The molecule has 1 atom stereocenters. The second-order valence-corrected chi connectivity index (χ2v) is 6.09. The lowest BCUT2D eigenvalue weighted by Crippen LogP contribution is -2.36. The van der Waals surface area contributed by atoms with Crippen LogP contribution in [0, 0.1) is 0 Å². The van der Waals surface area contributed by atoms with Crippen molar-refractivity contribution in [2.45, 2.75) is 23.4 Å². The van der Waals surface area contributed by atoms with Crippen molar-refractivity contribution in [1.82, 2.24) is 20.3 Å². The second-order valence-electron chi connectivity index (χ2n) is 4.81. The third-order valence-electron chi connectivity index (χ3n) is 3.62. The maximum atomic E-state index is 4.66. The SMILES string of the molecule is CCC(NC)(Sc1nc2ccccc2[nH]1)c1ccccn1. The Morgan fingerprint density at radius 1 is 1.19 bits per heavy atom. The van der Waals surface area contributed by atoms with Gasteiger partial charge in [0, 0.05) is 6.20 Å². The number of nitrogens with one attached hydrogen (secondary N) is 2. The zero-order valence-corrected chi connectivity index (χ0v) is 12.9. The molecule has 3 rings (SSSR count). The quantitative estimate of drug-likeness (QED) is 0.559. The largest absolute Gasteiger partial charge is 0.333 e. The van der Waals surface area contributed by atoms with Gasteiger partial charge < -0.3 is 10.3 Å². The first-order valence-corrected chi connectivity index (χ1v) is 7.83. The van der Waals surface area contributed by atoms with Crippen LogP contribution in [0.3, 0.4) is 0 Å². The number of aromatic amines is 1. The van der Waals surface area contributed by atoms with Gasteiger partial charge in [-0.2, -0.15) is 0 Å². The molecule has 0 aliphatic heterocycles. The molecule has 1 unspecified atom stereocenters. The molecule has 0 spiro atoms. The summed E-state index contributed by atoms with van der Waals surface area (Å²) in [5.74, 6) is 0. The van der Waals surface area contributed by atoms with Crippen molar-refractivity contribution in [1.29, 1.82) is 0 Å². The van der Waals surface area contributed by atoms with Crippen LogP contribution in [0.2, 0.25) is 0 Å². The maximum absolute atomic E-state index is 4.66. The van der Waals surface area contributed by atoms with Crippen LogP contribution in [0.25, 0.3) is 11.0 Å². The standard InChI is InChI=1S/C16H18N4S/c1-3-16(17-2,14-10-6-7-11-18-14)21-15-19-12-8-4-5-9-13(12)20-15/h4-11,17H,3H2,1-2H3,(H,19,20). The molecule has 21 heavy (non-hydrogen) atoms. The molecule has 0 radical (unpaired) electrons. The molecule has 4 nitrogen and oxygen atoms in total. The Bertz CT molecular complexity index is 686. The number of H-pyrrole nitrogens is 1. The predicted octanol–water partition coefficient (Wildman–Crippen LogP) is 3.53. The third kappa shape index (κ3) is 2.66. The summed E-state index contributed by atoms with van der Waals surface area (Å²) in [4.78, 5) is 12.3. The molecule has 2 heterocycles. The molecule has 5 heteroatoms. The van der Waals surface area contributed by atoms with Gasteiger partial charge in [0.1, 0.15) is 4.87 Å². The summed E-state index contributed by atoms with van der Waals surface area (Å²) in [7, 11) is 1.97. The van der Waals surface area contributed by atoms with Gasteiger partial charge in [0.15, 0.2) is 5.16 Å². The molecule has 0 saturated carbocycles. The number of thioether (sulfide) groups is 1. The third-order valence-corrected chi connectivity index (χ3v) is 5.06. The van der Waals surface area contributed by atoms with Crippen LogP contribution in [0.1, 0.15) is 19.0 Å². The van der Waals surface area contributed by atoms with Gasteiger partial charge in [0.25, 0.3) is 0 Å². The summed E-state index contributed by atoms with van der Waals surface area (Å²) in [5, 5.41) is 4.32. The van der Waals surface area contributed by atoms with E-state index in [0.717, 1.165) is 28.3 Å². The van der Waals surface area contributed by atoms with Crippen molar-refractivity contribution < 1.29 is 0 Å². The van der Waals surface area contributed by atoms with Gasteiger partial charge in [-0.25, -0.2) is 4.98 Å². The molecule has 2 N–H and O–H groups in total. The molecule has 3 aromatic rings. The van der Waals surface area contributed by atoms with Crippen LogP contribution in [-0.2, 0) is 4.87 Å². The lowest BCUT2D eigenvalue weighted by atomic mass is 10.1. The topological polar surface area (TPSA) is 53.6 Å². The summed E-state index contributed by atoms with van der Waals surface area (Å²) >= 11 is 1.67. The number of imidazole rings is 1. The fourth-order valence-electron chi connectivity index (χ4n) is 2.41. The van der Waals surface area contributed by atoms with Gasteiger partial charge in [-0.3, -0.25) is 4.98 Å². The van der Waals surface area contributed by atoms with E-state index in [4.69, 9.17) is 0 Å². The normalized spacial score (nSPS) is 14.2. The van der Waals surface area contributed by atoms with Crippen molar-refractivity contribution >= 4 is 22.8 Å². The lowest BCUT2D eigenvalue weighted by Gasteiger charge is -2.30. The highest BCUT2D eigenvalue weighted by atomic mass is 32.2. The highest BCUT2D eigenvalue weighted by Gasteiger charge is 2.32. The van der Waals surface area contributed by atoms with Crippen LogP contribution < -0.4 is 5.32 Å². The minimum absolute atomic E-state index is 0.283. The molecular weight excluding hydrogens is 280 g/mol. The van der Waals surface area contributed by atoms with E-state index in [2.05, 4.69) is 33.3 Å². The van der Waals surface area contributed by atoms with Gasteiger partial charge >= 0.3 is 0 Å². The minimum atomic E-state index is -0.283. The number of aromatic nitrogens is 3. The molecule has 108 valence electrons. The van der Waals surface area contributed by atoms with Crippen molar-refractivity contribution in [3.8, 4) is 0 Å². The van der Waals surface area contributed by atoms with E-state index in [1.54, 1.807) is 11.8 Å². The average Bonchev–Trinajstić information content (AvgIpc) is 2.96. The molecule has 2 aromatic heterocycles. The molecule has 0 saturated heterocycles. The summed E-state index contributed by atoms with van der Waals surface area (Å²) in [5.41, 5.74) is 3.06. The zero-order chi connectivity index (χ0) is 14.7. The van der Waals surface area contributed by atoms with Crippen LogP contribution in [0.5, 0.6) is 0 Å². The van der Waals surface area contributed by atoms with E-state index >= 15 is 0 Å². The van der Waals surface area contributed by atoms with E-state index in [9.17, 15) is 0 Å².